The highest BCUT2D eigenvalue weighted by molar-refractivity contribution is 8.00. The topological polar surface area (TPSA) is 41.5 Å². The summed E-state index contributed by atoms with van der Waals surface area (Å²) in [4.78, 5) is 0. The lowest BCUT2D eigenvalue weighted by molar-refractivity contribution is 0.317. The molecule has 20 heavy (non-hydrogen) atoms. The third kappa shape index (κ3) is 4.60. The number of phenolic OH excluding ortho intramolecular Hbond substituents is 1. The van der Waals surface area contributed by atoms with Gasteiger partial charge in [-0.1, -0.05) is 19.9 Å². The molecule has 2 N–H and O–H groups in total. The number of rotatable bonds is 9. The summed E-state index contributed by atoms with van der Waals surface area (Å²) in [6.07, 6.45) is 4.51. The highest BCUT2D eigenvalue weighted by Gasteiger charge is 2.23. The average Bonchev–Trinajstić information content (AvgIpc) is 2.48. The second-order valence-corrected chi connectivity index (χ2v) is 6.21. The molecular weight excluding hydrogens is 270 g/mol. The summed E-state index contributed by atoms with van der Waals surface area (Å²) in [6, 6.07) is 5.54. The zero-order valence-corrected chi connectivity index (χ0v) is 13.8. The molecule has 0 aromatic heterocycles. The van der Waals surface area contributed by atoms with Gasteiger partial charge in [0.15, 0.2) is 11.5 Å². The van der Waals surface area contributed by atoms with Crippen LogP contribution in [0.4, 0.5) is 0 Å². The molecule has 0 saturated carbocycles. The fraction of sp³-hybridized carbons (Fsp3) is 0.625. The van der Waals surface area contributed by atoms with Gasteiger partial charge in [0.2, 0.25) is 0 Å². The van der Waals surface area contributed by atoms with Gasteiger partial charge in [-0.05, 0) is 43.7 Å². The maximum absolute atomic E-state index is 9.69. The van der Waals surface area contributed by atoms with Gasteiger partial charge in [-0.15, -0.1) is 0 Å². The van der Waals surface area contributed by atoms with E-state index in [4.69, 9.17) is 4.74 Å². The number of hydrogen-bond acceptors (Lipinski definition) is 4. The molecule has 0 aliphatic heterocycles. The van der Waals surface area contributed by atoms with Gasteiger partial charge in [0, 0.05) is 17.8 Å². The maximum Gasteiger partial charge on any atom is 0.161 e. The molecule has 1 aromatic rings. The molecule has 0 fully saturated rings. The number of hydrogen-bond donors (Lipinski definition) is 2. The first kappa shape index (κ1) is 17.2. The van der Waals surface area contributed by atoms with E-state index in [1.54, 1.807) is 6.07 Å². The predicted molar refractivity (Wildman–Crippen MR) is 87.8 cm³/mol. The minimum Gasteiger partial charge on any atom is -0.504 e. The number of ether oxygens (including phenoxy) is 1. The van der Waals surface area contributed by atoms with Gasteiger partial charge in [0.05, 0.1) is 6.61 Å². The van der Waals surface area contributed by atoms with Crippen molar-refractivity contribution in [3.63, 3.8) is 0 Å². The van der Waals surface area contributed by atoms with Crippen LogP contribution in [0.5, 0.6) is 11.5 Å². The van der Waals surface area contributed by atoms with Crippen molar-refractivity contribution < 1.29 is 9.84 Å². The zero-order chi connectivity index (χ0) is 15.0. The summed E-state index contributed by atoms with van der Waals surface area (Å²) in [7, 11) is 0. The van der Waals surface area contributed by atoms with Crippen molar-refractivity contribution in [2.45, 2.75) is 44.9 Å². The van der Waals surface area contributed by atoms with Crippen LogP contribution in [0.1, 0.15) is 39.2 Å². The van der Waals surface area contributed by atoms with Crippen molar-refractivity contribution in [3.05, 3.63) is 23.8 Å². The zero-order valence-electron chi connectivity index (χ0n) is 13.0. The van der Waals surface area contributed by atoms with Gasteiger partial charge in [-0.2, -0.15) is 11.8 Å². The van der Waals surface area contributed by atoms with Crippen molar-refractivity contribution >= 4 is 11.8 Å². The van der Waals surface area contributed by atoms with Crippen LogP contribution in [-0.2, 0) is 6.54 Å². The molecular formula is C16H27NO2S. The largest absolute Gasteiger partial charge is 0.504 e. The lowest BCUT2D eigenvalue weighted by Crippen LogP contribution is -2.36. The Labute approximate surface area is 127 Å². The van der Waals surface area contributed by atoms with Crippen LogP contribution in [0.15, 0.2) is 18.2 Å². The second-order valence-electron chi connectivity index (χ2n) is 4.93. The summed E-state index contributed by atoms with van der Waals surface area (Å²) in [6.45, 7) is 8.75. The number of benzene rings is 1. The van der Waals surface area contributed by atoms with Crippen molar-refractivity contribution in [1.29, 1.82) is 0 Å². The van der Waals surface area contributed by atoms with E-state index in [0.29, 0.717) is 17.1 Å². The van der Waals surface area contributed by atoms with E-state index in [1.165, 1.54) is 0 Å². The number of phenols is 1. The Morgan fingerprint density at radius 2 is 1.95 bits per heavy atom. The van der Waals surface area contributed by atoms with Crippen LogP contribution in [0.25, 0.3) is 0 Å². The van der Waals surface area contributed by atoms with Crippen molar-refractivity contribution in [2.75, 3.05) is 19.4 Å². The van der Waals surface area contributed by atoms with Crippen LogP contribution in [-0.4, -0.2) is 29.3 Å². The summed E-state index contributed by atoms with van der Waals surface area (Å²) < 4.78 is 5.73. The highest BCUT2D eigenvalue weighted by Crippen LogP contribution is 2.30. The standard InChI is InChI=1S/C16H27NO2S/c1-5-16(6-2,20-4)12-17-11-13-8-9-14(18)15(10-13)19-7-3/h8-10,17-18H,5-7,11-12H2,1-4H3. The number of thioether (sulfide) groups is 1. The molecule has 0 aliphatic carbocycles. The Bertz CT molecular complexity index is 397. The smallest absolute Gasteiger partial charge is 0.161 e. The van der Waals surface area contributed by atoms with Crippen LogP contribution in [0.2, 0.25) is 0 Å². The van der Waals surface area contributed by atoms with E-state index in [-0.39, 0.29) is 5.75 Å². The van der Waals surface area contributed by atoms with Gasteiger partial charge in [-0.25, -0.2) is 0 Å². The molecule has 0 bridgehead atoms. The van der Waals surface area contributed by atoms with E-state index in [1.807, 2.05) is 30.8 Å². The monoisotopic (exact) mass is 297 g/mol. The Morgan fingerprint density at radius 3 is 2.50 bits per heavy atom. The maximum atomic E-state index is 9.69. The minimum atomic E-state index is 0.205. The molecule has 0 aliphatic rings. The Kier molecular flexibility index (Phi) is 7.24. The van der Waals surface area contributed by atoms with Gasteiger partial charge in [-0.3, -0.25) is 0 Å². The highest BCUT2D eigenvalue weighted by atomic mass is 32.2. The predicted octanol–water partition coefficient (Wildman–Crippen LogP) is 3.80. The van der Waals surface area contributed by atoms with E-state index in [2.05, 4.69) is 25.4 Å². The Balaban J connectivity index is 2.59. The molecule has 1 aromatic carbocycles. The van der Waals surface area contributed by atoms with Gasteiger partial charge >= 0.3 is 0 Å². The SMILES string of the molecule is CCOc1cc(CNCC(CC)(CC)SC)ccc1O. The molecule has 114 valence electrons. The Hall–Kier alpha value is -0.870. The van der Waals surface area contributed by atoms with Gasteiger partial charge < -0.3 is 15.2 Å². The molecule has 0 saturated heterocycles. The molecule has 0 radical (unpaired) electrons. The summed E-state index contributed by atoms with van der Waals surface area (Å²) in [5.41, 5.74) is 1.13. The van der Waals surface area contributed by atoms with Crippen LogP contribution in [0, 0.1) is 0 Å². The summed E-state index contributed by atoms with van der Waals surface area (Å²) in [5.74, 6) is 0.769. The van der Waals surface area contributed by atoms with Crippen molar-refractivity contribution in [1.82, 2.24) is 5.32 Å². The molecule has 0 heterocycles. The van der Waals surface area contributed by atoms with Crippen molar-refractivity contribution in [2.24, 2.45) is 0 Å². The molecule has 0 atom stereocenters. The lowest BCUT2D eigenvalue weighted by atomic mass is 10.0. The minimum absolute atomic E-state index is 0.205. The molecule has 4 heteroatoms. The normalized spacial score (nSPS) is 11.6. The molecule has 0 spiro atoms. The first-order valence-electron chi connectivity index (χ1n) is 7.31. The van der Waals surface area contributed by atoms with Gasteiger partial charge in [0.25, 0.3) is 0 Å². The Morgan fingerprint density at radius 1 is 1.25 bits per heavy atom. The molecule has 0 amide bonds. The van der Waals surface area contributed by atoms with E-state index >= 15 is 0 Å². The summed E-state index contributed by atoms with van der Waals surface area (Å²) >= 11 is 1.94. The number of nitrogens with one attached hydrogen (secondary N) is 1. The molecule has 3 nitrogen and oxygen atoms in total. The lowest BCUT2D eigenvalue weighted by Gasteiger charge is -2.30. The fourth-order valence-electron chi connectivity index (χ4n) is 2.24. The second kappa shape index (κ2) is 8.42. The van der Waals surface area contributed by atoms with E-state index < -0.39 is 0 Å². The first-order valence-corrected chi connectivity index (χ1v) is 8.53. The summed E-state index contributed by atoms with van der Waals surface area (Å²) in [5, 5.41) is 13.2. The fourth-order valence-corrected chi connectivity index (χ4v) is 3.06. The van der Waals surface area contributed by atoms with Crippen LogP contribution < -0.4 is 10.1 Å². The third-order valence-corrected chi connectivity index (χ3v) is 5.41. The van der Waals surface area contributed by atoms with E-state index in [9.17, 15) is 5.11 Å². The van der Waals surface area contributed by atoms with Crippen LogP contribution in [0.3, 0.4) is 0 Å². The van der Waals surface area contributed by atoms with Crippen LogP contribution >= 0.6 is 11.8 Å². The van der Waals surface area contributed by atoms with Gasteiger partial charge in [0.1, 0.15) is 0 Å². The van der Waals surface area contributed by atoms with E-state index in [0.717, 1.165) is 31.5 Å². The third-order valence-electron chi connectivity index (χ3n) is 3.82. The number of aromatic hydroxyl groups is 1. The molecule has 1 rings (SSSR count). The average molecular weight is 297 g/mol. The first-order chi connectivity index (χ1) is 9.60. The quantitative estimate of drug-likeness (QED) is 0.727. The van der Waals surface area contributed by atoms with Crippen molar-refractivity contribution in [3.8, 4) is 11.5 Å². The molecule has 0 unspecified atom stereocenters.